The molecule has 2 aliphatic carbocycles. The summed E-state index contributed by atoms with van der Waals surface area (Å²) < 4.78 is 45.5. The fourth-order valence-electron chi connectivity index (χ4n) is 8.59. The number of thiazole rings is 1. The third-order valence-corrected chi connectivity index (χ3v) is 13.8. The summed E-state index contributed by atoms with van der Waals surface area (Å²) in [6.45, 7) is 8.33. The minimum absolute atomic E-state index is 0.121. The molecular weight excluding hydrogens is 995 g/mol. The summed E-state index contributed by atoms with van der Waals surface area (Å²) >= 11 is 1.45. The Hall–Kier alpha value is -7.86. The van der Waals surface area contributed by atoms with E-state index >= 15 is 0 Å². The lowest BCUT2D eigenvalue weighted by atomic mass is 9.82. The summed E-state index contributed by atoms with van der Waals surface area (Å²) in [6, 6.07) is 26.7. The van der Waals surface area contributed by atoms with Crippen LogP contribution >= 0.6 is 11.3 Å². The molecule has 0 spiro atoms. The van der Waals surface area contributed by atoms with Gasteiger partial charge < -0.3 is 37.9 Å². The molecule has 76 heavy (non-hydrogen) atoms. The van der Waals surface area contributed by atoms with Gasteiger partial charge in [0.25, 0.3) is 0 Å². The van der Waals surface area contributed by atoms with Crippen LogP contribution in [0.4, 0.5) is 5.13 Å². The van der Waals surface area contributed by atoms with Crippen LogP contribution in [-0.4, -0.2) is 80.0 Å². The second kappa shape index (κ2) is 29.3. The molecule has 400 valence electrons. The standard InChI is InChI=1S/C58H63N3O14S/c1-3-52(62)70-34-9-7-32-68-45-22-26-47(27-23-45)73-55(65)41-16-14-40(15-17-41)54(64)72-36-31-39-13-30-50(44(37-39)38-59-61-58-60-49-11-5-6-12-51(49)76-58)75-57(67)43-20-18-42(19-21-43)56(66)74-48-28-24-46(25-29-48)69-33-8-10-35-71-53(63)4-2/h3-6,11-13,22-30,37-38,40-43H,1-2,7-10,14-21,31-36H2,(H,60,61)/b59-38+. The molecule has 5 aromatic rings. The maximum atomic E-state index is 13.6. The van der Waals surface area contributed by atoms with Gasteiger partial charge in [-0.05, 0) is 155 Å². The number of benzene rings is 4. The molecule has 1 N–H and O–H groups in total. The highest BCUT2D eigenvalue weighted by Crippen LogP contribution is 2.34. The molecule has 4 aromatic carbocycles. The van der Waals surface area contributed by atoms with Crippen molar-refractivity contribution in [2.24, 2.45) is 28.8 Å². The van der Waals surface area contributed by atoms with Crippen LogP contribution in [-0.2, 0) is 49.4 Å². The summed E-state index contributed by atoms with van der Waals surface area (Å²) in [5.41, 5.74) is 5.18. The molecule has 2 saturated carbocycles. The first-order valence-corrected chi connectivity index (χ1v) is 26.5. The van der Waals surface area contributed by atoms with E-state index < -0.39 is 23.8 Å². The van der Waals surface area contributed by atoms with Gasteiger partial charge in [0.1, 0.15) is 28.7 Å². The molecule has 18 heteroatoms. The molecule has 0 bridgehead atoms. The van der Waals surface area contributed by atoms with E-state index in [1.807, 2.05) is 36.4 Å². The summed E-state index contributed by atoms with van der Waals surface area (Å²) in [6.07, 6.45) is 10.7. The largest absolute Gasteiger partial charge is 0.494 e. The lowest BCUT2D eigenvalue weighted by Gasteiger charge is -2.26. The van der Waals surface area contributed by atoms with E-state index in [2.05, 4.69) is 28.7 Å². The molecule has 2 fully saturated rings. The number of nitrogens with zero attached hydrogens (tertiary/aromatic N) is 2. The topological polar surface area (TPSA) is 214 Å². The highest BCUT2D eigenvalue weighted by Gasteiger charge is 2.34. The van der Waals surface area contributed by atoms with E-state index in [0.717, 1.165) is 27.9 Å². The first kappa shape index (κ1) is 55.9. The fraction of sp³-hybridized carbons (Fsp3) is 0.379. The molecule has 1 aromatic heterocycles. The molecule has 0 aliphatic heterocycles. The average molecular weight is 1060 g/mol. The van der Waals surface area contributed by atoms with Gasteiger partial charge in [-0.15, -0.1) is 0 Å². The van der Waals surface area contributed by atoms with Crippen LogP contribution in [0, 0.1) is 23.7 Å². The highest BCUT2D eigenvalue weighted by molar-refractivity contribution is 7.22. The first-order chi connectivity index (χ1) is 37.0. The number of hydrogen-bond donors (Lipinski definition) is 1. The van der Waals surface area contributed by atoms with Gasteiger partial charge in [-0.1, -0.05) is 42.7 Å². The number of anilines is 1. The molecular formula is C58H63N3O14S. The normalized spacial score (nSPS) is 17.2. The van der Waals surface area contributed by atoms with Crippen molar-refractivity contribution in [3.63, 3.8) is 0 Å². The molecule has 7 rings (SSSR count). The third kappa shape index (κ3) is 17.6. The van der Waals surface area contributed by atoms with Gasteiger partial charge in [-0.25, -0.2) is 14.6 Å². The van der Waals surface area contributed by atoms with Crippen LogP contribution in [0.2, 0.25) is 0 Å². The zero-order chi connectivity index (χ0) is 53.5. The summed E-state index contributed by atoms with van der Waals surface area (Å²) in [5, 5.41) is 5.03. The van der Waals surface area contributed by atoms with E-state index in [-0.39, 0.29) is 42.3 Å². The van der Waals surface area contributed by atoms with E-state index in [0.29, 0.717) is 149 Å². The second-order valence-electron chi connectivity index (χ2n) is 18.3. The van der Waals surface area contributed by atoms with Gasteiger partial charge in [0.15, 0.2) is 0 Å². The van der Waals surface area contributed by atoms with Crippen molar-refractivity contribution in [1.82, 2.24) is 4.98 Å². The maximum Gasteiger partial charge on any atom is 0.330 e. The predicted molar refractivity (Wildman–Crippen MR) is 284 cm³/mol. The number of nitrogens with one attached hydrogen (secondary N) is 1. The first-order valence-electron chi connectivity index (χ1n) is 25.7. The summed E-state index contributed by atoms with van der Waals surface area (Å²) in [4.78, 5) is 79.9. The zero-order valence-electron chi connectivity index (χ0n) is 42.4. The number of ether oxygens (including phenoxy) is 8. The van der Waals surface area contributed by atoms with E-state index in [1.54, 1.807) is 60.8 Å². The Bertz CT molecular complexity index is 2760. The van der Waals surface area contributed by atoms with E-state index in [9.17, 15) is 28.8 Å². The van der Waals surface area contributed by atoms with Crippen LogP contribution in [0.3, 0.4) is 0 Å². The Morgan fingerprint density at radius 1 is 0.553 bits per heavy atom. The average Bonchev–Trinajstić information content (AvgIpc) is 3.87. The quantitative estimate of drug-likeness (QED) is 0.00985. The van der Waals surface area contributed by atoms with Gasteiger partial charge in [0.05, 0.1) is 73.1 Å². The number of hydrazone groups is 1. The number of rotatable bonds is 27. The Balaban J connectivity index is 0.848. The molecule has 0 unspecified atom stereocenters. The number of carbonyl (C=O) groups is 6. The van der Waals surface area contributed by atoms with Crippen molar-refractivity contribution >= 4 is 68.7 Å². The number of fused-ring (bicyclic) bond motifs is 1. The minimum atomic E-state index is -0.454. The van der Waals surface area contributed by atoms with Crippen LogP contribution in [0.5, 0.6) is 28.7 Å². The van der Waals surface area contributed by atoms with Gasteiger partial charge in [-0.2, -0.15) is 5.10 Å². The number of hydrogen-bond acceptors (Lipinski definition) is 18. The van der Waals surface area contributed by atoms with Crippen molar-refractivity contribution in [3.8, 4) is 28.7 Å². The van der Waals surface area contributed by atoms with Crippen molar-refractivity contribution in [1.29, 1.82) is 0 Å². The number of esters is 6. The van der Waals surface area contributed by atoms with Crippen LogP contribution in [0.1, 0.15) is 88.2 Å². The molecule has 0 amide bonds. The van der Waals surface area contributed by atoms with Crippen molar-refractivity contribution in [2.45, 2.75) is 83.5 Å². The van der Waals surface area contributed by atoms with E-state index in [4.69, 9.17) is 37.9 Å². The van der Waals surface area contributed by atoms with Crippen molar-refractivity contribution in [3.05, 3.63) is 127 Å². The molecule has 0 radical (unpaired) electrons. The SMILES string of the molecule is C=CC(=O)OCCCCOc1ccc(OC(=O)C2CCC(C(=O)OCCc3ccc(OC(=O)C4CCC(C(=O)Oc5ccc(OCCCCOC(=O)C=C)cc5)CC4)c(/C=N/Nc4nc5ccccc5s4)c3)CC2)cc1. The Labute approximate surface area is 445 Å². The van der Waals surface area contributed by atoms with Gasteiger partial charge >= 0.3 is 35.8 Å². The van der Waals surface area contributed by atoms with Crippen LogP contribution in [0.25, 0.3) is 10.2 Å². The minimum Gasteiger partial charge on any atom is -0.494 e. The summed E-state index contributed by atoms with van der Waals surface area (Å²) in [7, 11) is 0. The van der Waals surface area contributed by atoms with E-state index in [1.165, 1.54) is 11.3 Å². The monoisotopic (exact) mass is 1060 g/mol. The summed E-state index contributed by atoms with van der Waals surface area (Å²) in [5.74, 6) is -1.45. The molecule has 1 heterocycles. The number of unbranched alkanes of at least 4 members (excludes halogenated alkanes) is 2. The van der Waals surface area contributed by atoms with Gasteiger partial charge in [0.2, 0.25) is 5.13 Å². The van der Waals surface area contributed by atoms with Gasteiger partial charge in [0, 0.05) is 24.1 Å². The number of carbonyl (C=O) groups excluding carboxylic acids is 6. The lowest BCUT2D eigenvalue weighted by molar-refractivity contribution is -0.152. The van der Waals surface area contributed by atoms with Gasteiger partial charge in [-0.3, -0.25) is 24.6 Å². The van der Waals surface area contributed by atoms with Crippen molar-refractivity contribution < 1.29 is 66.7 Å². The Kier molecular flexibility index (Phi) is 21.5. The molecule has 2 aliphatic rings. The molecule has 17 nitrogen and oxygen atoms in total. The number of aromatic nitrogens is 1. The fourth-order valence-corrected chi connectivity index (χ4v) is 9.41. The van der Waals surface area contributed by atoms with Crippen molar-refractivity contribution in [2.75, 3.05) is 38.5 Å². The second-order valence-corrected chi connectivity index (χ2v) is 19.3. The zero-order valence-corrected chi connectivity index (χ0v) is 43.2. The predicted octanol–water partition coefficient (Wildman–Crippen LogP) is 10.3. The highest BCUT2D eigenvalue weighted by atomic mass is 32.1. The Morgan fingerprint density at radius 2 is 1.03 bits per heavy atom. The van der Waals surface area contributed by atoms with Crippen LogP contribution in [0.15, 0.2) is 121 Å². The lowest BCUT2D eigenvalue weighted by Crippen LogP contribution is -2.30. The smallest absolute Gasteiger partial charge is 0.330 e. The van der Waals surface area contributed by atoms with Crippen LogP contribution < -0.4 is 29.1 Å². The molecule has 0 atom stereocenters. The maximum absolute atomic E-state index is 13.6. The Morgan fingerprint density at radius 3 is 1.54 bits per heavy atom. The molecule has 0 saturated heterocycles. The third-order valence-electron chi connectivity index (χ3n) is 12.9. The number of para-hydroxylation sites is 1.